The number of rotatable bonds is 7. The zero-order chi connectivity index (χ0) is 14.2. The fraction of sp³-hybridized carbons (Fsp3) is 0.667. The Morgan fingerprint density at radius 3 is 2.45 bits per heavy atom. The van der Waals surface area contributed by atoms with Crippen LogP contribution in [0.4, 0.5) is 0 Å². The standard InChI is InChI=1S/C18H29NO/c1-15(2)20-18-10-8-17(9-11-18)14-19-13-12-16-6-4-3-5-7-16/h8-11,15-16,19H,3-7,12-14H2,1-2H3. The van der Waals surface area contributed by atoms with Crippen LogP contribution in [0.1, 0.15) is 57.9 Å². The monoisotopic (exact) mass is 275 g/mol. The third-order valence-electron chi connectivity index (χ3n) is 4.08. The van der Waals surface area contributed by atoms with Crippen LogP contribution in [-0.2, 0) is 6.54 Å². The van der Waals surface area contributed by atoms with E-state index in [1.165, 1.54) is 44.1 Å². The van der Waals surface area contributed by atoms with Gasteiger partial charge in [-0.1, -0.05) is 44.2 Å². The Hall–Kier alpha value is -1.02. The molecule has 1 aromatic rings. The van der Waals surface area contributed by atoms with E-state index >= 15 is 0 Å². The van der Waals surface area contributed by atoms with E-state index in [0.29, 0.717) is 0 Å². The van der Waals surface area contributed by atoms with E-state index in [2.05, 4.69) is 43.4 Å². The third-order valence-corrected chi connectivity index (χ3v) is 4.08. The summed E-state index contributed by atoms with van der Waals surface area (Å²) in [5.41, 5.74) is 1.34. The van der Waals surface area contributed by atoms with Crippen LogP contribution < -0.4 is 10.1 Å². The fourth-order valence-electron chi connectivity index (χ4n) is 2.97. The van der Waals surface area contributed by atoms with Gasteiger partial charge in [0, 0.05) is 6.54 Å². The number of benzene rings is 1. The maximum absolute atomic E-state index is 5.65. The van der Waals surface area contributed by atoms with Crippen molar-refractivity contribution in [2.24, 2.45) is 5.92 Å². The molecule has 0 amide bonds. The summed E-state index contributed by atoms with van der Waals surface area (Å²) in [5, 5.41) is 3.57. The zero-order valence-electron chi connectivity index (χ0n) is 13.0. The molecule has 1 aliphatic carbocycles. The number of ether oxygens (including phenoxy) is 1. The van der Waals surface area contributed by atoms with Crippen LogP contribution in [0.3, 0.4) is 0 Å². The molecule has 1 aromatic carbocycles. The molecular formula is C18H29NO. The molecule has 2 heteroatoms. The molecule has 0 saturated heterocycles. The zero-order valence-corrected chi connectivity index (χ0v) is 13.0. The Labute approximate surface area is 123 Å². The Kier molecular flexibility index (Phi) is 6.38. The van der Waals surface area contributed by atoms with Gasteiger partial charge in [-0.15, -0.1) is 0 Å². The van der Waals surface area contributed by atoms with Crippen LogP contribution in [0.5, 0.6) is 5.75 Å². The van der Waals surface area contributed by atoms with Crippen molar-refractivity contribution in [1.82, 2.24) is 5.32 Å². The first-order chi connectivity index (χ1) is 9.74. The predicted octanol–water partition coefficient (Wildman–Crippen LogP) is 4.53. The summed E-state index contributed by atoms with van der Waals surface area (Å²) in [6.07, 6.45) is 8.83. The number of hydrogen-bond acceptors (Lipinski definition) is 2. The average molecular weight is 275 g/mol. The van der Waals surface area contributed by atoms with Crippen LogP contribution in [0, 0.1) is 5.92 Å². The molecule has 0 spiro atoms. The second-order valence-electron chi connectivity index (χ2n) is 6.28. The van der Waals surface area contributed by atoms with Crippen LogP contribution >= 0.6 is 0 Å². The predicted molar refractivity (Wildman–Crippen MR) is 85.1 cm³/mol. The Morgan fingerprint density at radius 1 is 1.10 bits per heavy atom. The van der Waals surface area contributed by atoms with Crippen molar-refractivity contribution in [1.29, 1.82) is 0 Å². The van der Waals surface area contributed by atoms with E-state index in [0.717, 1.165) is 24.8 Å². The largest absolute Gasteiger partial charge is 0.491 e. The van der Waals surface area contributed by atoms with Crippen molar-refractivity contribution in [3.05, 3.63) is 29.8 Å². The molecule has 112 valence electrons. The SMILES string of the molecule is CC(C)Oc1ccc(CNCCC2CCCCC2)cc1. The second-order valence-corrected chi connectivity index (χ2v) is 6.28. The second kappa shape index (κ2) is 8.31. The van der Waals surface area contributed by atoms with E-state index in [-0.39, 0.29) is 6.10 Å². The highest BCUT2D eigenvalue weighted by Crippen LogP contribution is 2.25. The topological polar surface area (TPSA) is 21.3 Å². The summed E-state index contributed by atoms with van der Waals surface area (Å²) in [4.78, 5) is 0. The Balaban J connectivity index is 1.63. The summed E-state index contributed by atoms with van der Waals surface area (Å²) in [6, 6.07) is 8.45. The molecule has 1 fully saturated rings. The molecule has 0 bridgehead atoms. The van der Waals surface area contributed by atoms with Crippen molar-refractivity contribution in [2.45, 2.75) is 65.0 Å². The molecule has 2 rings (SSSR count). The summed E-state index contributed by atoms with van der Waals surface area (Å²) in [7, 11) is 0. The minimum Gasteiger partial charge on any atom is -0.491 e. The van der Waals surface area contributed by atoms with Gasteiger partial charge in [-0.3, -0.25) is 0 Å². The smallest absolute Gasteiger partial charge is 0.119 e. The quantitative estimate of drug-likeness (QED) is 0.738. The Bertz CT molecular complexity index is 366. The van der Waals surface area contributed by atoms with Gasteiger partial charge in [-0.05, 0) is 50.4 Å². The van der Waals surface area contributed by atoms with Gasteiger partial charge in [0.25, 0.3) is 0 Å². The molecule has 1 saturated carbocycles. The highest BCUT2D eigenvalue weighted by molar-refractivity contribution is 5.27. The lowest BCUT2D eigenvalue weighted by Gasteiger charge is -2.21. The van der Waals surface area contributed by atoms with E-state index < -0.39 is 0 Å². The molecule has 1 aliphatic rings. The molecule has 0 heterocycles. The van der Waals surface area contributed by atoms with Gasteiger partial charge < -0.3 is 10.1 Å². The fourth-order valence-corrected chi connectivity index (χ4v) is 2.97. The van der Waals surface area contributed by atoms with E-state index in [9.17, 15) is 0 Å². The average Bonchev–Trinajstić information content (AvgIpc) is 2.46. The van der Waals surface area contributed by atoms with Gasteiger partial charge in [-0.25, -0.2) is 0 Å². The lowest BCUT2D eigenvalue weighted by Crippen LogP contribution is -2.19. The van der Waals surface area contributed by atoms with Gasteiger partial charge in [0.15, 0.2) is 0 Å². The summed E-state index contributed by atoms with van der Waals surface area (Å²) in [5.74, 6) is 1.93. The molecule has 0 radical (unpaired) electrons. The van der Waals surface area contributed by atoms with Gasteiger partial charge >= 0.3 is 0 Å². The lowest BCUT2D eigenvalue weighted by molar-refractivity contribution is 0.242. The molecule has 1 N–H and O–H groups in total. The summed E-state index contributed by atoms with van der Waals surface area (Å²) >= 11 is 0. The van der Waals surface area contributed by atoms with Gasteiger partial charge in [-0.2, -0.15) is 0 Å². The van der Waals surface area contributed by atoms with Crippen LogP contribution in [0.15, 0.2) is 24.3 Å². The van der Waals surface area contributed by atoms with E-state index in [1.807, 2.05) is 0 Å². The number of nitrogens with one attached hydrogen (secondary N) is 1. The van der Waals surface area contributed by atoms with Crippen molar-refractivity contribution < 1.29 is 4.74 Å². The minimum absolute atomic E-state index is 0.245. The molecule has 0 aromatic heterocycles. The molecule has 2 nitrogen and oxygen atoms in total. The lowest BCUT2D eigenvalue weighted by atomic mass is 9.87. The maximum Gasteiger partial charge on any atom is 0.119 e. The molecule has 0 unspecified atom stereocenters. The minimum atomic E-state index is 0.245. The first-order valence-electron chi connectivity index (χ1n) is 8.20. The van der Waals surface area contributed by atoms with Gasteiger partial charge in [0.1, 0.15) is 5.75 Å². The normalized spacial score (nSPS) is 16.6. The molecule has 0 aliphatic heterocycles. The first kappa shape index (κ1) is 15.4. The van der Waals surface area contributed by atoms with Crippen molar-refractivity contribution in [3.63, 3.8) is 0 Å². The van der Waals surface area contributed by atoms with Crippen molar-refractivity contribution in [2.75, 3.05) is 6.54 Å². The highest BCUT2D eigenvalue weighted by Gasteiger charge is 2.12. The molecule has 0 atom stereocenters. The van der Waals surface area contributed by atoms with Gasteiger partial charge in [0.05, 0.1) is 6.10 Å². The highest BCUT2D eigenvalue weighted by atomic mass is 16.5. The molecular weight excluding hydrogens is 246 g/mol. The third kappa shape index (κ3) is 5.54. The van der Waals surface area contributed by atoms with Gasteiger partial charge in [0.2, 0.25) is 0 Å². The molecule has 20 heavy (non-hydrogen) atoms. The van der Waals surface area contributed by atoms with E-state index in [4.69, 9.17) is 4.74 Å². The van der Waals surface area contributed by atoms with E-state index in [1.54, 1.807) is 0 Å². The number of hydrogen-bond donors (Lipinski definition) is 1. The van der Waals surface area contributed by atoms with Crippen LogP contribution in [0.25, 0.3) is 0 Å². The van der Waals surface area contributed by atoms with Crippen LogP contribution in [0.2, 0.25) is 0 Å². The van der Waals surface area contributed by atoms with Crippen molar-refractivity contribution in [3.8, 4) is 5.75 Å². The Morgan fingerprint density at radius 2 is 1.80 bits per heavy atom. The van der Waals surface area contributed by atoms with Crippen LogP contribution in [-0.4, -0.2) is 12.6 Å². The maximum atomic E-state index is 5.65. The first-order valence-corrected chi connectivity index (χ1v) is 8.20. The van der Waals surface area contributed by atoms with Crippen molar-refractivity contribution >= 4 is 0 Å². The summed E-state index contributed by atoms with van der Waals surface area (Å²) in [6.45, 7) is 6.23. The summed E-state index contributed by atoms with van der Waals surface area (Å²) < 4.78 is 5.65.